The minimum Gasteiger partial charge on any atom is -0.455 e. The number of carbonyl (C=O) groups excluding carboxylic acids is 1. The van der Waals surface area contributed by atoms with Crippen molar-refractivity contribution in [3.05, 3.63) is 71.1 Å². The molecule has 0 spiro atoms. The van der Waals surface area contributed by atoms with Crippen molar-refractivity contribution in [2.75, 3.05) is 13.1 Å². The molecule has 32 heavy (non-hydrogen) atoms. The first kappa shape index (κ1) is 22.2. The number of carbonyl (C=O) groups is 1. The molecular weight excluding hydrogens is 428 g/mol. The highest BCUT2D eigenvalue weighted by Crippen LogP contribution is 2.25. The average Bonchev–Trinajstić information content (AvgIpc) is 3.19. The molecule has 0 radical (unpaired) electrons. The number of ether oxygens (including phenoxy) is 1. The first-order valence-corrected chi connectivity index (χ1v) is 12.1. The molecule has 168 valence electrons. The van der Waals surface area contributed by atoms with Gasteiger partial charge in [0.25, 0.3) is 0 Å². The molecule has 1 aromatic heterocycles. The van der Waals surface area contributed by atoms with E-state index < -0.39 is 16.0 Å². The third kappa shape index (κ3) is 4.61. The van der Waals surface area contributed by atoms with Crippen LogP contribution in [0.1, 0.15) is 46.6 Å². The number of oxazole rings is 1. The van der Waals surface area contributed by atoms with Crippen LogP contribution in [0, 0.1) is 13.8 Å². The van der Waals surface area contributed by atoms with E-state index in [0.717, 1.165) is 24.8 Å². The summed E-state index contributed by atoms with van der Waals surface area (Å²) in [7, 11) is -3.64. The van der Waals surface area contributed by atoms with E-state index in [1.165, 1.54) is 10.4 Å². The second kappa shape index (κ2) is 9.26. The molecule has 0 aliphatic carbocycles. The number of rotatable bonds is 6. The Hall–Kier alpha value is -2.97. The van der Waals surface area contributed by atoms with Crippen LogP contribution in [0.15, 0.2) is 57.8 Å². The summed E-state index contributed by atoms with van der Waals surface area (Å²) in [4.78, 5) is 17.3. The van der Waals surface area contributed by atoms with Gasteiger partial charge in [0.1, 0.15) is 18.1 Å². The van der Waals surface area contributed by atoms with Crippen molar-refractivity contribution in [1.82, 2.24) is 9.29 Å². The van der Waals surface area contributed by atoms with Gasteiger partial charge in [-0.25, -0.2) is 18.2 Å². The number of aryl methyl sites for hydroxylation is 2. The van der Waals surface area contributed by atoms with Gasteiger partial charge in [0, 0.05) is 18.7 Å². The minimum absolute atomic E-state index is 0.0659. The summed E-state index contributed by atoms with van der Waals surface area (Å²) in [6, 6.07) is 14.1. The molecule has 7 nitrogen and oxygen atoms in total. The van der Waals surface area contributed by atoms with Crippen LogP contribution in [0.4, 0.5) is 0 Å². The van der Waals surface area contributed by atoms with Gasteiger partial charge in [0.05, 0.1) is 10.5 Å². The Labute approximate surface area is 188 Å². The fourth-order valence-electron chi connectivity index (χ4n) is 3.71. The smallest absolute Gasteiger partial charge is 0.338 e. The summed E-state index contributed by atoms with van der Waals surface area (Å²) >= 11 is 0. The lowest BCUT2D eigenvalue weighted by atomic mass is 10.1. The third-order valence-electron chi connectivity index (χ3n) is 5.64. The lowest BCUT2D eigenvalue weighted by Gasteiger charge is -2.26. The Balaban J connectivity index is 1.50. The highest BCUT2D eigenvalue weighted by atomic mass is 32.2. The maximum absolute atomic E-state index is 13.0. The fourth-order valence-corrected chi connectivity index (χ4v) is 5.26. The van der Waals surface area contributed by atoms with Gasteiger partial charge in [-0.1, -0.05) is 30.7 Å². The lowest BCUT2D eigenvalue weighted by Crippen LogP contribution is -2.35. The Bertz CT molecular complexity index is 1210. The number of esters is 1. The predicted molar refractivity (Wildman–Crippen MR) is 120 cm³/mol. The molecule has 8 heteroatoms. The normalized spacial score (nSPS) is 14.9. The summed E-state index contributed by atoms with van der Waals surface area (Å²) < 4.78 is 38.6. The SMILES string of the molecule is Cc1ccc(S(=O)(=O)N2CCCCC2)cc1C(=O)OCc1nc(-c2ccccc2)oc1C. The van der Waals surface area contributed by atoms with E-state index in [0.29, 0.717) is 36.0 Å². The van der Waals surface area contributed by atoms with Crippen LogP contribution in [-0.2, 0) is 21.4 Å². The van der Waals surface area contributed by atoms with Crippen molar-refractivity contribution < 1.29 is 22.4 Å². The molecule has 4 rings (SSSR count). The van der Waals surface area contributed by atoms with E-state index in [9.17, 15) is 13.2 Å². The second-order valence-electron chi connectivity index (χ2n) is 7.91. The predicted octanol–water partition coefficient (Wildman–Crippen LogP) is 4.49. The monoisotopic (exact) mass is 454 g/mol. The molecule has 0 N–H and O–H groups in total. The van der Waals surface area contributed by atoms with Gasteiger partial charge in [-0.3, -0.25) is 0 Å². The van der Waals surface area contributed by atoms with Gasteiger partial charge in [-0.05, 0) is 56.5 Å². The van der Waals surface area contributed by atoms with Gasteiger partial charge in [0.15, 0.2) is 0 Å². The maximum Gasteiger partial charge on any atom is 0.338 e. The van der Waals surface area contributed by atoms with Crippen molar-refractivity contribution >= 4 is 16.0 Å². The van der Waals surface area contributed by atoms with Crippen LogP contribution in [0.3, 0.4) is 0 Å². The third-order valence-corrected chi connectivity index (χ3v) is 7.53. The average molecular weight is 455 g/mol. The van der Waals surface area contributed by atoms with E-state index in [1.54, 1.807) is 26.0 Å². The number of benzene rings is 2. The van der Waals surface area contributed by atoms with Crippen LogP contribution in [0.5, 0.6) is 0 Å². The second-order valence-corrected chi connectivity index (χ2v) is 9.84. The zero-order chi connectivity index (χ0) is 22.7. The number of hydrogen-bond acceptors (Lipinski definition) is 6. The number of sulfonamides is 1. The quantitative estimate of drug-likeness (QED) is 0.510. The topological polar surface area (TPSA) is 89.7 Å². The standard InChI is InChI=1S/C24H26N2O5S/c1-17-11-12-20(32(28,29)26-13-7-4-8-14-26)15-21(17)24(27)30-16-22-18(2)31-23(25-22)19-9-5-3-6-10-19/h3,5-6,9-12,15H,4,7-8,13-14,16H2,1-2H3. The highest BCUT2D eigenvalue weighted by Gasteiger charge is 2.27. The van der Waals surface area contributed by atoms with Crippen LogP contribution < -0.4 is 0 Å². The summed E-state index contributed by atoms with van der Waals surface area (Å²) in [6.07, 6.45) is 2.73. The molecule has 1 saturated heterocycles. The van der Waals surface area contributed by atoms with Crippen molar-refractivity contribution in [2.45, 2.75) is 44.6 Å². The molecule has 0 unspecified atom stereocenters. The Morgan fingerprint density at radius 3 is 2.50 bits per heavy atom. The Morgan fingerprint density at radius 1 is 1.06 bits per heavy atom. The van der Waals surface area contributed by atoms with Crippen molar-refractivity contribution in [3.8, 4) is 11.5 Å². The first-order valence-electron chi connectivity index (χ1n) is 10.7. The highest BCUT2D eigenvalue weighted by molar-refractivity contribution is 7.89. The molecule has 0 atom stereocenters. The number of piperidine rings is 1. The molecule has 2 heterocycles. The first-order chi connectivity index (χ1) is 15.4. The van der Waals surface area contributed by atoms with Crippen molar-refractivity contribution in [1.29, 1.82) is 0 Å². The molecule has 1 fully saturated rings. The van der Waals surface area contributed by atoms with Crippen LogP contribution >= 0.6 is 0 Å². The van der Waals surface area contributed by atoms with Gasteiger partial charge in [0.2, 0.25) is 15.9 Å². The van der Waals surface area contributed by atoms with Gasteiger partial charge in [-0.2, -0.15) is 4.31 Å². The lowest BCUT2D eigenvalue weighted by molar-refractivity contribution is 0.0465. The largest absolute Gasteiger partial charge is 0.455 e. The zero-order valence-electron chi connectivity index (χ0n) is 18.2. The van der Waals surface area contributed by atoms with E-state index >= 15 is 0 Å². The number of hydrogen-bond donors (Lipinski definition) is 0. The molecule has 0 saturated carbocycles. The molecule has 0 bridgehead atoms. The van der Waals surface area contributed by atoms with E-state index in [2.05, 4.69) is 4.98 Å². The minimum atomic E-state index is -3.64. The molecule has 0 amide bonds. The molecule has 1 aliphatic rings. The van der Waals surface area contributed by atoms with E-state index in [-0.39, 0.29) is 17.1 Å². The summed E-state index contributed by atoms with van der Waals surface area (Å²) in [6.45, 7) is 4.46. The molecule has 1 aliphatic heterocycles. The van der Waals surface area contributed by atoms with Gasteiger partial charge >= 0.3 is 5.97 Å². The van der Waals surface area contributed by atoms with Crippen molar-refractivity contribution in [3.63, 3.8) is 0 Å². The van der Waals surface area contributed by atoms with Gasteiger partial charge in [-0.15, -0.1) is 0 Å². The number of aromatic nitrogens is 1. The van der Waals surface area contributed by atoms with Crippen molar-refractivity contribution in [2.24, 2.45) is 0 Å². The van der Waals surface area contributed by atoms with E-state index in [1.807, 2.05) is 30.3 Å². The van der Waals surface area contributed by atoms with E-state index in [4.69, 9.17) is 9.15 Å². The Kier molecular flexibility index (Phi) is 6.43. The fraction of sp³-hybridized carbons (Fsp3) is 0.333. The summed E-state index contributed by atoms with van der Waals surface area (Å²) in [5, 5.41) is 0. The molecule has 3 aromatic rings. The van der Waals surface area contributed by atoms with Gasteiger partial charge < -0.3 is 9.15 Å². The maximum atomic E-state index is 13.0. The summed E-state index contributed by atoms with van der Waals surface area (Å²) in [5.74, 6) is 0.427. The molecular formula is C24H26N2O5S. The zero-order valence-corrected chi connectivity index (χ0v) is 19.0. The molecule has 2 aromatic carbocycles. The van der Waals surface area contributed by atoms with Crippen LogP contribution in [-0.4, -0.2) is 36.8 Å². The summed E-state index contributed by atoms with van der Waals surface area (Å²) in [5.41, 5.74) is 2.23. The van der Waals surface area contributed by atoms with Crippen LogP contribution in [0.25, 0.3) is 11.5 Å². The Morgan fingerprint density at radius 2 is 1.78 bits per heavy atom. The van der Waals surface area contributed by atoms with Crippen LogP contribution in [0.2, 0.25) is 0 Å². The number of nitrogens with zero attached hydrogens (tertiary/aromatic N) is 2.